The monoisotopic (exact) mass is 289 g/mol. The van der Waals surface area contributed by atoms with Gasteiger partial charge in [-0.1, -0.05) is 6.92 Å². The molecule has 0 aliphatic carbocycles. The Morgan fingerprint density at radius 1 is 1.38 bits per heavy atom. The van der Waals surface area contributed by atoms with Gasteiger partial charge >= 0.3 is 0 Å². The number of hydrogen-bond donors (Lipinski definition) is 1. The number of amides is 1. The van der Waals surface area contributed by atoms with Crippen molar-refractivity contribution in [3.8, 4) is 0 Å². The van der Waals surface area contributed by atoms with E-state index in [0.717, 1.165) is 6.26 Å². The standard InChI is InChI=1S/C9H17Cl2NO3S/c1-4-9(5-10,6-11)12-8(13)7(2)16(3,14)15/h7H,4-6H2,1-3H3,(H,12,13). The Morgan fingerprint density at radius 3 is 2.06 bits per heavy atom. The number of rotatable bonds is 6. The molecule has 0 aromatic rings. The summed E-state index contributed by atoms with van der Waals surface area (Å²) in [5.74, 6) is -0.268. The van der Waals surface area contributed by atoms with Crippen LogP contribution in [0.3, 0.4) is 0 Å². The second-order valence-corrected chi connectivity index (χ2v) is 6.76. The van der Waals surface area contributed by atoms with Crippen molar-refractivity contribution in [2.75, 3.05) is 18.0 Å². The van der Waals surface area contributed by atoms with Crippen LogP contribution in [0.4, 0.5) is 0 Å². The minimum absolute atomic E-state index is 0.148. The second kappa shape index (κ2) is 6.07. The van der Waals surface area contributed by atoms with Crippen LogP contribution in [0, 0.1) is 0 Å². The Morgan fingerprint density at radius 2 is 1.81 bits per heavy atom. The molecule has 7 heteroatoms. The maximum Gasteiger partial charge on any atom is 0.238 e. The van der Waals surface area contributed by atoms with E-state index >= 15 is 0 Å². The summed E-state index contributed by atoms with van der Waals surface area (Å²) in [6, 6.07) is 0. The number of carbonyl (C=O) groups excluding carboxylic acids is 1. The van der Waals surface area contributed by atoms with Crippen molar-refractivity contribution in [1.29, 1.82) is 0 Å². The molecule has 0 heterocycles. The summed E-state index contributed by atoms with van der Waals surface area (Å²) in [6.45, 7) is 3.17. The molecule has 1 unspecified atom stereocenters. The highest BCUT2D eigenvalue weighted by Crippen LogP contribution is 2.15. The first-order valence-electron chi connectivity index (χ1n) is 4.85. The lowest BCUT2D eigenvalue weighted by molar-refractivity contribution is -0.121. The van der Waals surface area contributed by atoms with Gasteiger partial charge in [-0.3, -0.25) is 4.79 Å². The highest BCUT2D eigenvalue weighted by molar-refractivity contribution is 7.92. The van der Waals surface area contributed by atoms with Crippen molar-refractivity contribution >= 4 is 38.9 Å². The van der Waals surface area contributed by atoms with Crippen LogP contribution < -0.4 is 5.32 Å². The molecule has 0 bridgehead atoms. The predicted molar refractivity (Wildman–Crippen MR) is 66.9 cm³/mol. The van der Waals surface area contributed by atoms with E-state index in [0.29, 0.717) is 6.42 Å². The molecule has 0 saturated heterocycles. The largest absolute Gasteiger partial charge is 0.347 e. The van der Waals surface area contributed by atoms with Gasteiger partial charge in [0, 0.05) is 18.0 Å². The van der Waals surface area contributed by atoms with E-state index in [1.807, 2.05) is 6.92 Å². The van der Waals surface area contributed by atoms with Crippen LogP contribution >= 0.6 is 23.2 Å². The number of nitrogens with one attached hydrogen (secondary N) is 1. The van der Waals surface area contributed by atoms with Crippen LogP contribution in [0.25, 0.3) is 0 Å². The number of hydrogen-bond acceptors (Lipinski definition) is 3. The topological polar surface area (TPSA) is 63.2 Å². The van der Waals surface area contributed by atoms with E-state index in [1.54, 1.807) is 0 Å². The number of halogens is 2. The smallest absolute Gasteiger partial charge is 0.238 e. The lowest BCUT2D eigenvalue weighted by Gasteiger charge is -2.30. The highest BCUT2D eigenvalue weighted by Gasteiger charge is 2.32. The van der Waals surface area contributed by atoms with Gasteiger partial charge in [-0.25, -0.2) is 8.42 Å². The first kappa shape index (κ1) is 16.0. The van der Waals surface area contributed by atoms with Crippen molar-refractivity contribution in [3.05, 3.63) is 0 Å². The number of carbonyl (C=O) groups is 1. The van der Waals surface area contributed by atoms with E-state index in [1.165, 1.54) is 6.92 Å². The van der Waals surface area contributed by atoms with E-state index in [2.05, 4.69) is 5.32 Å². The average Bonchev–Trinajstić information content (AvgIpc) is 2.23. The number of sulfone groups is 1. The molecule has 0 aliphatic rings. The molecular formula is C9H17Cl2NO3S. The summed E-state index contributed by atoms with van der Waals surface area (Å²) in [6.07, 6.45) is 1.56. The van der Waals surface area contributed by atoms with Crippen LogP contribution in [-0.4, -0.2) is 43.1 Å². The lowest BCUT2D eigenvalue weighted by atomic mass is 10.0. The third-order valence-electron chi connectivity index (χ3n) is 2.59. The third kappa shape index (κ3) is 4.11. The fourth-order valence-electron chi connectivity index (χ4n) is 0.937. The van der Waals surface area contributed by atoms with E-state index in [4.69, 9.17) is 23.2 Å². The summed E-state index contributed by atoms with van der Waals surface area (Å²) in [5, 5.41) is 1.51. The molecule has 1 atom stereocenters. The zero-order chi connectivity index (χ0) is 13.0. The maximum absolute atomic E-state index is 11.7. The second-order valence-electron chi connectivity index (χ2n) is 3.86. The molecule has 96 valence electrons. The van der Waals surface area contributed by atoms with Gasteiger partial charge in [0.15, 0.2) is 9.84 Å². The van der Waals surface area contributed by atoms with E-state index in [-0.39, 0.29) is 11.8 Å². The third-order valence-corrected chi connectivity index (χ3v) is 5.11. The molecule has 0 rings (SSSR count). The van der Waals surface area contributed by atoms with Crippen LogP contribution in [0.15, 0.2) is 0 Å². The molecule has 0 aromatic carbocycles. The Labute approximate surface area is 107 Å². The van der Waals surface area contributed by atoms with Crippen LogP contribution in [0.1, 0.15) is 20.3 Å². The summed E-state index contributed by atoms with van der Waals surface area (Å²) < 4.78 is 22.4. The lowest BCUT2D eigenvalue weighted by Crippen LogP contribution is -2.54. The molecule has 0 saturated carbocycles. The van der Waals surface area contributed by atoms with Gasteiger partial charge in [0.1, 0.15) is 5.25 Å². The summed E-state index contributed by atoms with van der Waals surface area (Å²) in [7, 11) is -3.40. The summed E-state index contributed by atoms with van der Waals surface area (Å²) >= 11 is 11.5. The summed E-state index contributed by atoms with van der Waals surface area (Å²) in [4.78, 5) is 11.7. The van der Waals surface area contributed by atoms with Crippen molar-refractivity contribution < 1.29 is 13.2 Å². The molecular weight excluding hydrogens is 273 g/mol. The Hall–Kier alpha value is -0.000000000000000111. The molecule has 0 spiro atoms. The molecule has 1 N–H and O–H groups in total. The molecule has 0 aromatic heterocycles. The van der Waals surface area contributed by atoms with Gasteiger partial charge in [-0.05, 0) is 13.3 Å². The first-order chi connectivity index (χ1) is 7.22. The van der Waals surface area contributed by atoms with Crippen molar-refractivity contribution in [2.45, 2.75) is 31.1 Å². The zero-order valence-electron chi connectivity index (χ0n) is 9.59. The van der Waals surface area contributed by atoms with Crippen molar-refractivity contribution in [2.24, 2.45) is 0 Å². The quantitative estimate of drug-likeness (QED) is 0.747. The molecule has 0 radical (unpaired) electrons. The molecule has 0 fully saturated rings. The van der Waals surface area contributed by atoms with Crippen LogP contribution in [-0.2, 0) is 14.6 Å². The van der Waals surface area contributed by atoms with Crippen molar-refractivity contribution in [3.63, 3.8) is 0 Å². The Kier molecular flexibility index (Phi) is 6.07. The average molecular weight is 290 g/mol. The molecule has 4 nitrogen and oxygen atoms in total. The van der Waals surface area contributed by atoms with Gasteiger partial charge in [0.05, 0.1) is 5.54 Å². The van der Waals surface area contributed by atoms with E-state index < -0.39 is 26.5 Å². The van der Waals surface area contributed by atoms with Gasteiger partial charge in [0.25, 0.3) is 0 Å². The fourth-order valence-corrected chi connectivity index (χ4v) is 2.18. The minimum Gasteiger partial charge on any atom is -0.347 e. The predicted octanol–water partition coefficient (Wildman–Crippen LogP) is 1.16. The maximum atomic E-state index is 11.7. The minimum atomic E-state index is -3.40. The zero-order valence-corrected chi connectivity index (χ0v) is 11.9. The van der Waals surface area contributed by atoms with Gasteiger partial charge < -0.3 is 5.32 Å². The molecule has 0 aliphatic heterocycles. The van der Waals surface area contributed by atoms with Crippen LogP contribution in [0.2, 0.25) is 0 Å². The number of alkyl halides is 2. The van der Waals surface area contributed by atoms with Crippen molar-refractivity contribution in [1.82, 2.24) is 5.32 Å². The van der Waals surface area contributed by atoms with Gasteiger partial charge in [0.2, 0.25) is 5.91 Å². The Balaban J connectivity index is 4.79. The highest BCUT2D eigenvalue weighted by atomic mass is 35.5. The van der Waals surface area contributed by atoms with Gasteiger partial charge in [-0.2, -0.15) is 0 Å². The first-order valence-corrected chi connectivity index (χ1v) is 7.87. The fraction of sp³-hybridized carbons (Fsp3) is 0.889. The SMILES string of the molecule is CCC(CCl)(CCl)NC(=O)C(C)S(C)(=O)=O. The normalized spacial score (nSPS) is 14.6. The molecule has 1 amide bonds. The Bertz CT molecular complexity index is 330. The van der Waals surface area contributed by atoms with E-state index in [9.17, 15) is 13.2 Å². The summed E-state index contributed by atoms with van der Waals surface area (Å²) in [5.41, 5.74) is -0.737. The van der Waals surface area contributed by atoms with Crippen LogP contribution in [0.5, 0.6) is 0 Å². The molecule has 16 heavy (non-hydrogen) atoms. The van der Waals surface area contributed by atoms with Gasteiger partial charge in [-0.15, -0.1) is 23.2 Å².